The molecule has 0 amide bonds. The van der Waals surface area contributed by atoms with Crippen LogP contribution < -0.4 is 5.73 Å². The molecule has 1 aromatic rings. The van der Waals surface area contributed by atoms with Gasteiger partial charge in [-0.3, -0.25) is 4.68 Å². The molecule has 0 saturated heterocycles. The first-order valence-electron chi connectivity index (χ1n) is 5.70. The molecule has 3 nitrogen and oxygen atoms in total. The molecule has 0 aliphatic carbocycles. The molecular weight excluding hydrogens is 186 g/mol. The van der Waals surface area contributed by atoms with Gasteiger partial charge in [0.25, 0.3) is 0 Å². The summed E-state index contributed by atoms with van der Waals surface area (Å²) < 4.78 is 2.11. The van der Waals surface area contributed by atoms with Gasteiger partial charge in [-0.15, -0.1) is 0 Å². The third kappa shape index (κ3) is 3.06. The van der Waals surface area contributed by atoms with Crippen molar-refractivity contribution in [2.75, 3.05) is 0 Å². The summed E-state index contributed by atoms with van der Waals surface area (Å²) in [7, 11) is 0. The van der Waals surface area contributed by atoms with Crippen molar-refractivity contribution < 1.29 is 0 Å². The Bertz CT molecular complexity index is 324. The van der Waals surface area contributed by atoms with E-state index in [9.17, 15) is 0 Å². The van der Waals surface area contributed by atoms with Crippen molar-refractivity contribution in [3.63, 3.8) is 0 Å². The van der Waals surface area contributed by atoms with Crippen LogP contribution in [0, 0.1) is 19.8 Å². The first kappa shape index (κ1) is 12.2. The molecule has 0 radical (unpaired) electrons. The highest BCUT2D eigenvalue weighted by molar-refractivity contribution is 5.25. The summed E-state index contributed by atoms with van der Waals surface area (Å²) in [4.78, 5) is 0. The van der Waals surface area contributed by atoms with Gasteiger partial charge in [0.2, 0.25) is 0 Å². The Balaban J connectivity index is 2.93. The van der Waals surface area contributed by atoms with Gasteiger partial charge in [-0.25, -0.2) is 0 Å². The molecule has 1 unspecified atom stereocenters. The van der Waals surface area contributed by atoms with Crippen LogP contribution in [-0.2, 0) is 13.0 Å². The summed E-state index contributed by atoms with van der Waals surface area (Å²) in [6, 6.07) is 0.207. The molecule has 0 aliphatic rings. The van der Waals surface area contributed by atoms with E-state index in [-0.39, 0.29) is 6.04 Å². The van der Waals surface area contributed by atoms with E-state index in [1.807, 2.05) is 6.92 Å². The molecule has 0 aliphatic heterocycles. The Labute approximate surface area is 92.7 Å². The zero-order chi connectivity index (χ0) is 11.6. The van der Waals surface area contributed by atoms with Crippen LogP contribution >= 0.6 is 0 Å². The maximum atomic E-state index is 5.84. The van der Waals surface area contributed by atoms with Gasteiger partial charge in [0, 0.05) is 18.3 Å². The lowest BCUT2D eigenvalue weighted by atomic mass is 10.1. The average molecular weight is 209 g/mol. The van der Waals surface area contributed by atoms with Gasteiger partial charge in [0.15, 0.2) is 0 Å². The molecule has 1 aromatic heterocycles. The van der Waals surface area contributed by atoms with Gasteiger partial charge >= 0.3 is 0 Å². The van der Waals surface area contributed by atoms with Gasteiger partial charge in [-0.05, 0) is 38.7 Å². The quantitative estimate of drug-likeness (QED) is 0.824. The zero-order valence-corrected chi connectivity index (χ0v) is 10.5. The third-order valence-electron chi connectivity index (χ3n) is 2.60. The van der Waals surface area contributed by atoms with Crippen LogP contribution in [0.25, 0.3) is 0 Å². The largest absolute Gasteiger partial charge is 0.328 e. The average Bonchev–Trinajstić information content (AvgIpc) is 2.31. The molecule has 1 atom stereocenters. The van der Waals surface area contributed by atoms with Crippen molar-refractivity contribution in [1.82, 2.24) is 9.78 Å². The first-order valence-corrected chi connectivity index (χ1v) is 5.70. The topological polar surface area (TPSA) is 43.8 Å². The highest BCUT2D eigenvalue weighted by Gasteiger charge is 2.13. The number of hydrogen-bond acceptors (Lipinski definition) is 2. The summed E-state index contributed by atoms with van der Waals surface area (Å²) in [5.74, 6) is 0.631. The summed E-state index contributed by atoms with van der Waals surface area (Å²) in [6.45, 7) is 11.7. The summed E-state index contributed by atoms with van der Waals surface area (Å²) in [6.07, 6.45) is 0.926. The number of hydrogen-bond donors (Lipinski definition) is 1. The minimum atomic E-state index is 0.207. The van der Waals surface area contributed by atoms with E-state index in [0.717, 1.165) is 18.7 Å². The Morgan fingerprint density at radius 2 is 1.87 bits per heavy atom. The van der Waals surface area contributed by atoms with Gasteiger partial charge in [-0.1, -0.05) is 13.8 Å². The summed E-state index contributed by atoms with van der Waals surface area (Å²) >= 11 is 0. The van der Waals surface area contributed by atoms with Gasteiger partial charge < -0.3 is 5.73 Å². The van der Waals surface area contributed by atoms with Crippen LogP contribution in [0.1, 0.15) is 37.7 Å². The van der Waals surface area contributed by atoms with Crippen molar-refractivity contribution in [2.24, 2.45) is 11.7 Å². The highest BCUT2D eigenvalue weighted by atomic mass is 15.3. The Morgan fingerprint density at radius 1 is 1.27 bits per heavy atom. The lowest BCUT2D eigenvalue weighted by molar-refractivity contribution is 0.472. The van der Waals surface area contributed by atoms with Crippen molar-refractivity contribution in [2.45, 2.75) is 53.6 Å². The van der Waals surface area contributed by atoms with E-state index < -0.39 is 0 Å². The van der Waals surface area contributed by atoms with Crippen LogP contribution in [0.3, 0.4) is 0 Å². The van der Waals surface area contributed by atoms with Crippen molar-refractivity contribution >= 4 is 0 Å². The Hall–Kier alpha value is -0.830. The fourth-order valence-electron chi connectivity index (χ4n) is 1.88. The number of nitrogens with zero attached hydrogens (tertiary/aromatic N) is 2. The summed E-state index contributed by atoms with van der Waals surface area (Å²) in [5.41, 5.74) is 9.57. The number of aromatic nitrogens is 2. The maximum Gasteiger partial charge on any atom is 0.0629 e. The second-order valence-corrected chi connectivity index (χ2v) is 4.91. The Kier molecular flexibility index (Phi) is 3.91. The lowest BCUT2D eigenvalue weighted by Crippen LogP contribution is -2.18. The van der Waals surface area contributed by atoms with Crippen molar-refractivity contribution in [3.8, 4) is 0 Å². The molecule has 15 heavy (non-hydrogen) atoms. The number of aryl methyl sites for hydroxylation is 1. The molecule has 3 heteroatoms. The normalized spacial score (nSPS) is 13.5. The second-order valence-electron chi connectivity index (χ2n) is 4.91. The number of nitrogens with two attached hydrogens (primary N) is 1. The van der Waals surface area contributed by atoms with E-state index in [1.54, 1.807) is 0 Å². The molecular formula is C12H23N3. The predicted octanol–water partition coefficient (Wildman–Crippen LogP) is 2.05. The Morgan fingerprint density at radius 3 is 2.33 bits per heavy atom. The zero-order valence-electron chi connectivity index (χ0n) is 10.5. The smallest absolute Gasteiger partial charge is 0.0629 e. The van der Waals surface area contributed by atoms with Crippen LogP contribution in [-0.4, -0.2) is 15.8 Å². The minimum Gasteiger partial charge on any atom is -0.328 e. The molecule has 0 bridgehead atoms. The minimum absolute atomic E-state index is 0.207. The van der Waals surface area contributed by atoms with E-state index in [2.05, 4.69) is 37.5 Å². The third-order valence-corrected chi connectivity index (χ3v) is 2.60. The predicted molar refractivity (Wildman–Crippen MR) is 63.9 cm³/mol. The van der Waals surface area contributed by atoms with E-state index >= 15 is 0 Å². The van der Waals surface area contributed by atoms with Crippen LogP contribution in [0.15, 0.2) is 0 Å². The van der Waals surface area contributed by atoms with E-state index in [0.29, 0.717) is 5.92 Å². The van der Waals surface area contributed by atoms with Crippen molar-refractivity contribution in [1.29, 1.82) is 0 Å². The molecule has 1 heterocycles. The molecule has 0 fully saturated rings. The van der Waals surface area contributed by atoms with Crippen LogP contribution in [0.2, 0.25) is 0 Å². The van der Waals surface area contributed by atoms with Crippen LogP contribution in [0.5, 0.6) is 0 Å². The molecule has 0 aromatic carbocycles. The van der Waals surface area contributed by atoms with Gasteiger partial charge in [-0.2, -0.15) is 5.10 Å². The summed E-state index contributed by atoms with van der Waals surface area (Å²) in [5, 5.41) is 4.56. The fourth-order valence-corrected chi connectivity index (χ4v) is 1.88. The lowest BCUT2D eigenvalue weighted by Gasteiger charge is -2.09. The van der Waals surface area contributed by atoms with E-state index in [1.165, 1.54) is 11.3 Å². The van der Waals surface area contributed by atoms with Gasteiger partial charge in [0.05, 0.1) is 5.69 Å². The molecule has 1 rings (SSSR count). The molecule has 2 N–H and O–H groups in total. The fraction of sp³-hybridized carbons (Fsp3) is 0.750. The number of rotatable bonds is 4. The molecule has 0 spiro atoms. The van der Waals surface area contributed by atoms with Crippen LogP contribution in [0.4, 0.5) is 0 Å². The van der Waals surface area contributed by atoms with Gasteiger partial charge in [0.1, 0.15) is 0 Å². The van der Waals surface area contributed by atoms with Crippen molar-refractivity contribution in [3.05, 3.63) is 17.0 Å². The SMILES string of the molecule is Cc1nn(CC(C)C)c(C)c1CC(C)N. The highest BCUT2D eigenvalue weighted by Crippen LogP contribution is 2.15. The monoisotopic (exact) mass is 209 g/mol. The second kappa shape index (κ2) is 4.79. The molecule has 0 saturated carbocycles. The molecule has 86 valence electrons. The maximum absolute atomic E-state index is 5.84. The van der Waals surface area contributed by atoms with E-state index in [4.69, 9.17) is 5.73 Å². The standard InChI is InChI=1S/C12H23N3/c1-8(2)7-15-11(5)12(6-9(3)13)10(4)14-15/h8-9H,6-7,13H2,1-5H3. The first-order chi connectivity index (χ1) is 6.91.